The molecular weight excluding hydrogens is 110 g/mol. The van der Waals surface area contributed by atoms with Crippen molar-refractivity contribution in [2.24, 2.45) is 0 Å². The third kappa shape index (κ3) is 5.39. The first-order chi connectivity index (χ1) is 4.31. The third-order valence-corrected chi connectivity index (χ3v) is 1.19. The van der Waals surface area contributed by atoms with Gasteiger partial charge in [-0.1, -0.05) is 19.8 Å². The quantitative estimate of drug-likeness (QED) is 0.503. The van der Waals surface area contributed by atoms with E-state index in [-0.39, 0.29) is 0 Å². The summed E-state index contributed by atoms with van der Waals surface area (Å²) >= 11 is 0. The Hall–Kier alpha value is -0.480. The summed E-state index contributed by atoms with van der Waals surface area (Å²) in [7, 11) is 2.07. The average molecular weight is 125 g/mol. The summed E-state index contributed by atoms with van der Waals surface area (Å²) in [6.45, 7) is 6.19. The van der Waals surface area contributed by atoms with Crippen LogP contribution in [0.25, 0.3) is 0 Å². The highest BCUT2D eigenvalue weighted by Crippen LogP contribution is 1.77. The number of rotatable bonds is 2. The number of nitrogens with zero attached hydrogens (tertiary/aromatic N) is 1. The van der Waals surface area contributed by atoms with Crippen LogP contribution in [-0.4, -0.2) is 25.0 Å². The van der Waals surface area contributed by atoms with Gasteiger partial charge in [-0.05, 0) is 13.6 Å². The molecule has 0 aliphatic carbocycles. The molecule has 0 radical (unpaired) electrons. The van der Waals surface area contributed by atoms with Crippen molar-refractivity contribution in [1.29, 1.82) is 0 Å². The molecule has 0 aromatic carbocycles. The Bertz CT molecular complexity index is 107. The summed E-state index contributed by atoms with van der Waals surface area (Å²) in [6.07, 6.45) is 0.970. The molecule has 0 rings (SSSR count). The third-order valence-electron chi connectivity index (χ3n) is 1.19. The number of hydrogen-bond donors (Lipinski definition) is 0. The van der Waals surface area contributed by atoms with Gasteiger partial charge < -0.3 is 0 Å². The highest BCUT2D eigenvalue weighted by molar-refractivity contribution is 4.99. The summed E-state index contributed by atoms with van der Waals surface area (Å²) in [5, 5.41) is 0. The van der Waals surface area contributed by atoms with Crippen molar-refractivity contribution < 1.29 is 0 Å². The average Bonchev–Trinajstić information content (AvgIpc) is 1.89. The van der Waals surface area contributed by atoms with Crippen molar-refractivity contribution >= 4 is 0 Å². The second kappa shape index (κ2) is 5.65. The van der Waals surface area contributed by atoms with Gasteiger partial charge in [0.15, 0.2) is 0 Å². The maximum absolute atomic E-state index is 3.06. The zero-order valence-corrected chi connectivity index (χ0v) is 6.57. The van der Waals surface area contributed by atoms with Crippen LogP contribution in [0.3, 0.4) is 0 Å². The zero-order valence-electron chi connectivity index (χ0n) is 6.57. The fourth-order valence-corrected chi connectivity index (χ4v) is 0.428. The van der Waals surface area contributed by atoms with E-state index in [1.165, 1.54) is 0 Å². The zero-order chi connectivity index (χ0) is 7.11. The highest BCUT2D eigenvalue weighted by atomic mass is 15.1. The molecule has 0 atom stereocenters. The Morgan fingerprint density at radius 2 is 1.89 bits per heavy atom. The minimum atomic E-state index is 0.907. The largest absolute Gasteiger partial charge is 0.296 e. The molecule has 0 amide bonds. The minimum Gasteiger partial charge on any atom is -0.296 e. The van der Waals surface area contributed by atoms with Crippen molar-refractivity contribution in [2.45, 2.75) is 20.3 Å². The van der Waals surface area contributed by atoms with Gasteiger partial charge in [-0.3, -0.25) is 4.90 Å². The molecule has 0 saturated carbocycles. The van der Waals surface area contributed by atoms with E-state index in [1.54, 1.807) is 0 Å². The van der Waals surface area contributed by atoms with E-state index in [4.69, 9.17) is 0 Å². The molecule has 0 heterocycles. The normalized spacial score (nSPS) is 8.89. The van der Waals surface area contributed by atoms with Crippen molar-refractivity contribution in [2.75, 3.05) is 20.1 Å². The van der Waals surface area contributed by atoms with Gasteiger partial charge in [-0.2, -0.15) is 0 Å². The lowest BCUT2D eigenvalue weighted by Gasteiger charge is -2.07. The summed E-state index contributed by atoms with van der Waals surface area (Å²) < 4.78 is 0. The fourth-order valence-electron chi connectivity index (χ4n) is 0.428. The van der Waals surface area contributed by atoms with E-state index in [1.807, 2.05) is 0 Å². The van der Waals surface area contributed by atoms with E-state index in [0.717, 1.165) is 19.5 Å². The predicted octanol–water partition coefficient (Wildman–Crippen LogP) is 1.35. The number of hydrogen-bond acceptors (Lipinski definition) is 1. The predicted molar refractivity (Wildman–Crippen MR) is 41.2 cm³/mol. The molecule has 0 fully saturated rings. The SMILES string of the molecule is CCC#CCN(C)CC. The van der Waals surface area contributed by atoms with Crippen molar-refractivity contribution in [3.05, 3.63) is 0 Å². The van der Waals surface area contributed by atoms with Crippen LogP contribution in [0.1, 0.15) is 20.3 Å². The molecule has 0 aliphatic heterocycles. The van der Waals surface area contributed by atoms with Gasteiger partial charge in [0.1, 0.15) is 0 Å². The molecule has 1 nitrogen and oxygen atoms in total. The summed E-state index contributed by atoms with van der Waals surface area (Å²) in [4.78, 5) is 2.18. The first-order valence-electron chi connectivity index (χ1n) is 3.45. The van der Waals surface area contributed by atoms with Gasteiger partial charge in [0, 0.05) is 6.42 Å². The van der Waals surface area contributed by atoms with Crippen LogP contribution >= 0.6 is 0 Å². The van der Waals surface area contributed by atoms with Gasteiger partial charge in [-0.15, -0.1) is 5.92 Å². The van der Waals surface area contributed by atoms with Gasteiger partial charge in [0.2, 0.25) is 0 Å². The van der Waals surface area contributed by atoms with Crippen LogP contribution in [0.4, 0.5) is 0 Å². The van der Waals surface area contributed by atoms with Crippen LogP contribution < -0.4 is 0 Å². The van der Waals surface area contributed by atoms with Gasteiger partial charge in [0.25, 0.3) is 0 Å². The second-order valence-electron chi connectivity index (χ2n) is 2.04. The molecule has 52 valence electrons. The highest BCUT2D eigenvalue weighted by Gasteiger charge is 1.85. The molecule has 0 N–H and O–H groups in total. The van der Waals surface area contributed by atoms with E-state index in [0.29, 0.717) is 0 Å². The van der Waals surface area contributed by atoms with Crippen LogP contribution in [-0.2, 0) is 0 Å². The Morgan fingerprint density at radius 1 is 1.22 bits per heavy atom. The minimum absolute atomic E-state index is 0.907. The van der Waals surface area contributed by atoms with Crippen molar-refractivity contribution in [3.8, 4) is 11.8 Å². The molecule has 0 aliphatic rings. The van der Waals surface area contributed by atoms with E-state index in [2.05, 4.69) is 37.6 Å². The molecule has 1 heteroatoms. The smallest absolute Gasteiger partial charge is 0.0598 e. The van der Waals surface area contributed by atoms with Gasteiger partial charge in [0.05, 0.1) is 6.54 Å². The standard InChI is InChI=1S/C8H15N/c1-4-6-7-8-9(3)5-2/h4-5,8H2,1-3H3. The Labute approximate surface area is 58.1 Å². The lowest BCUT2D eigenvalue weighted by molar-refractivity contribution is 0.398. The second-order valence-corrected chi connectivity index (χ2v) is 2.04. The van der Waals surface area contributed by atoms with Crippen LogP contribution in [0.2, 0.25) is 0 Å². The molecule has 0 aromatic rings. The van der Waals surface area contributed by atoms with E-state index in [9.17, 15) is 0 Å². The van der Waals surface area contributed by atoms with Crippen molar-refractivity contribution in [1.82, 2.24) is 4.90 Å². The van der Waals surface area contributed by atoms with Gasteiger partial charge >= 0.3 is 0 Å². The van der Waals surface area contributed by atoms with Gasteiger partial charge in [-0.25, -0.2) is 0 Å². The van der Waals surface area contributed by atoms with E-state index >= 15 is 0 Å². The first kappa shape index (κ1) is 8.52. The Kier molecular flexibility index (Phi) is 5.35. The topological polar surface area (TPSA) is 3.24 Å². The first-order valence-corrected chi connectivity index (χ1v) is 3.45. The molecule has 0 aromatic heterocycles. The monoisotopic (exact) mass is 125 g/mol. The van der Waals surface area contributed by atoms with Crippen LogP contribution in [0.15, 0.2) is 0 Å². The van der Waals surface area contributed by atoms with Crippen LogP contribution in [0, 0.1) is 11.8 Å². The molecular formula is C8H15N. The van der Waals surface area contributed by atoms with Crippen LogP contribution in [0.5, 0.6) is 0 Å². The summed E-state index contributed by atoms with van der Waals surface area (Å²) in [6, 6.07) is 0. The summed E-state index contributed by atoms with van der Waals surface area (Å²) in [5.41, 5.74) is 0. The molecule has 0 spiro atoms. The maximum Gasteiger partial charge on any atom is 0.0598 e. The van der Waals surface area contributed by atoms with E-state index < -0.39 is 0 Å². The molecule has 0 saturated heterocycles. The maximum atomic E-state index is 3.06. The molecule has 0 bridgehead atoms. The molecule has 9 heavy (non-hydrogen) atoms. The molecule has 0 unspecified atom stereocenters. The lowest BCUT2D eigenvalue weighted by Crippen LogP contribution is -2.17. The fraction of sp³-hybridized carbons (Fsp3) is 0.750. The summed E-state index contributed by atoms with van der Waals surface area (Å²) in [5.74, 6) is 6.08. The van der Waals surface area contributed by atoms with Crippen molar-refractivity contribution in [3.63, 3.8) is 0 Å². The Balaban J connectivity index is 3.25. The lowest BCUT2D eigenvalue weighted by atomic mass is 10.4. The Morgan fingerprint density at radius 3 is 2.33 bits per heavy atom.